The van der Waals surface area contributed by atoms with E-state index in [0.29, 0.717) is 30.1 Å². The van der Waals surface area contributed by atoms with Crippen molar-refractivity contribution in [2.75, 3.05) is 40.1 Å². The molecule has 2 aromatic heterocycles. The standard InChI is InChI=1S/C17H17N3O3S2.C4H10N2/c1-18-16-19-14(10-24-16)15-11-25-17(20-15)23-9-12-4-3-5-13(8-12)22-7-6-21-2;1-2-5-4-6-3-1/h3-5,8,10-11H,1,6-7,9H2,2H3;5-6H,1-4H2. The van der Waals surface area contributed by atoms with E-state index in [2.05, 4.69) is 32.3 Å². The van der Waals surface area contributed by atoms with Crippen molar-refractivity contribution < 1.29 is 14.2 Å². The molecule has 1 aliphatic heterocycles. The van der Waals surface area contributed by atoms with Gasteiger partial charge in [0.15, 0.2) is 0 Å². The quantitative estimate of drug-likeness (QED) is 0.371. The van der Waals surface area contributed by atoms with Crippen LogP contribution in [0.4, 0.5) is 5.13 Å². The summed E-state index contributed by atoms with van der Waals surface area (Å²) in [5.41, 5.74) is 2.58. The van der Waals surface area contributed by atoms with Gasteiger partial charge >= 0.3 is 0 Å². The van der Waals surface area contributed by atoms with Crippen molar-refractivity contribution in [1.29, 1.82) is 0 Å². The summed E-state index contributed by atoms with van der Waals surface area (Å²) in [6.07, 6.45) is 1.28. The van der Waals surface area contributed by atoms with Gasteiger partial charge in [-0.15, -0.1) is 11.3 Å². The number of benzene rings is 1. The molecular formula is C21H27N5O3S2. The predicted octanol–water partition coefficient (Wildman–Crippen LogP) is 3.73. The van der Waals surface area contributed by atoms with Crippen LogP contribution in [-0.2, 0) is 11.3 Å². The van der Waals surface area contributed by atoms with Gasteiger partial charge in [0.25, 0.3) is 5.19 Å². The van der Waals surface area contributed by atoms with Crippen LogP contribution >= 0.6 is 22.7 Å². The fraction of sp³-hybridized carbons (Fsp3) is 0.381. The molecule has 0 radical (unpaired) electrons. The van der Waals surface area contributed by atoms with Gasteiger partial charge < -0.3 is 24.8 Å². The topological polar surface area (TPSA) is 89.9 Å². The Hall–Kier alpha value is -2.37. The zero-order valence-corrected chi connectivity index (χ0v) is 19.1. The third kappa shape index (κ3) is 8.00. The molecule has 3 aromatic rings. The van der Waals surface area contributed by atoms with Crippen molar-refractivity contribution >= 4 is 34.5 Å². The summed E-state index contributed by atoms with van der Waals surface area (Å²) in [4.78, 5) is 12.6. The largest absolute Gasteiger partial charge is 0.491 e. The van der Waals surface area contributed by atoms with E-state index in [1.165, 1.54) is 42.2 Å². The van der Waals surface area contributed by atoms with Crippen LogP contribution in [0.5, 0.6) is 10.9 Å². The zero-order valence-electron chi connectivity index (χ0n) is 17.5. The van der Waals surface area contributed by atoms with Gasteiger partial charge in [0, 0.05) is 24.5 Å². The van der Waals surface area contributed by atoms with Crippen LogP contribution in [0.3, 0.4) is 0 Å². The lowest BCUT2D eigenvalue weighted by molar-refractivity contribution is 0.146. The van der Waals surface area contributed by atoms with E-state index in [-0.39, 0.29) is 0 Å². The highest BCUT2D eigenvalue weighted by Gasteiger charge is 2.09. The summed E-state index contributed by atoms with van der Waals surface area (Å²) in [6.45, 7) is 8.35. The summed E-state index contributed by atoms with van der Waals surface area (Å²) in [7, 11) is 1.65. The van der Waals surface area contributed by atoms with Gasteiger partial charge in [-0.05, 0) is 43.9 Å². The van der Waals surface area contributed by atoms with Crippen LogP contribution < -0.4 is 20.1 Å². The van der Waals surface area contributed by atoms with Crippen LogP contribution in [0.25, 0.3) is 11.4 Å². The second-order valence-corrected chi connectivity index (χ2v) is 8.14. The van der Waals surface area contributed by atoms with Crippen LogP contribution in [0.1, 0.15) is 12.0 Å². The molecule has 1 fully saturated rings. The molecule has 0 amide bonds. The molecule has 3 heterocycles. The molecule has 166 valence electrons. The molecule has 1 aromatic carbocycles. The number of rotatable bonds is 9. The molecule has 4 rings (SSSR count). The number of hydrogen-bond donors (Lipinski definition) is 2. The number of thiazole rings is 2. The molecule has 0 aliphatic carbocycles. The second-order valence-electron chi connectivity index (χ2n) is 6.48. The number of ether oxygens (including phenoxy) is 3. The maximum absolute atomic E-state index is 5.77. The Morgan fingerprint density at radius 3 is 2.55 bits per heavy atom. The minimum Gasteiger partial charge on any atom is -0.491 e. The Morgan fingerprint density at radius 2 is 1.87 bits per heavy atom. The summed E-state index contributed by atoms with van der Waals surface area (Å²) in [5.74, 6) is 0.796. The molecule has 1 saturated heterocycles. The normalized spacial score (nSPS) is 13.2. The number of hydrogen-bond acceptors (Lipinski definition) is 10. The molecular weight excluding hydrogens is 434 g/mol. The summed E-state index contributed by atoms with van der Waals surface area (Å²) in [6, 6.07) is 7.79. The second kappa shape index (κ2) is 13.1. The van der Waals surface area contributed by atoms with E-state index in [9.17, 15) is 0 Å². The lowest BCUT2D eigenvalue weighted by Crippen LogP contribution is -2.37. The molecule has 8 nitrogen and oxygen atoms in total. The number of nitrogens with one attached hydrogen (secondary N) is 2. The average molecular weight is 462 g/mol. The molecule has 0 bridgehead atoms. The van der Waals surface area contributed by atoms with Gasteiger partial charge in [-0.3, -0.25) is 0 Å². The lowest BCUT2D eigenvalue weighted by atomic mass is 10.2. The van der Waals surface area contributed by atoms with E-state index in [1.54, 1.807) is 7.11 Å². The van der Waals surface area contributed by atoms with E-state index in [1.807, 2.05) is 35.0 Å². The van der Waals surface area contributed by atoms with Crippen LogP contribution in [0, 0.1) is 0 Å². The van der Waals surface area contributed by atoms with Crippen LogP contribution in [0.2, 0.25) is 0 Å². The fourth-order valence-electron chi connectivity index (χ4n) is 2.61. The first kappa shape index (κ1) is 23.3. The minimum atomic E-state index is 0.422. The first-order valence-electron chi connectivity index (χ1n) is 9.91. The summed E-state index contributed by atoms with van der Waals surface area (Å²) >= 11 is 2.87. The van der Waals surface area contributed by atoms with Crippen LogP contribution in [0.15, 0.2) is 40.0 Å². The van der Waals surface area contributed by atoms with Crippen molar-refractivity contribution in [2.45, 2.75) is 13.0 Å². The maximum Gasteiger partial charge on any atom is 0.274 e. The third-order valence-electron chi connectivity index (χ3n) is 4.15. The summed E-state index contributed by atoms with van der Waals surface area (Å²) < 4.78 is 16.4. The number of aliphatic imine (C=N–C) groups is 1. The highest BCUT2D eigenvalue weighted by molar-refractivity contribution is 7.14. The van der Waals surface area contributed by atoms with Gasteiger partial charge in [-0.25, -0.2) is 15.0 Å². The van der Waals surface area contributed by atoms with E-state index >= 15 is 0 Å². The number of nitrogens with zero attached hydrogens (tertiary/aromatic N) is 3. The average Bonchev–Trinajstić information content (AvgIpc) is 3.49. The third-order valence-corrected chi connectivity index (χ3v) is 5.67. The Morgan fingerprint density at radius 1 is 1.06 bits per heavy atom. The van der Waals surface area contributed by atoms with E-state index in [4.69, 9.17) is 14.2 Å². The Labute approximate surface area is 190 Å². The Bertz CT molecular complexity index is 916. The summed E-state index contributed by atoms with van der Waals surface area (Å²) in [5, 5.41) is 11.4. The van der Waals surface area contributed by atoms with Gasteiger partial charge in [-0.2, -0.15) is 0 Å². The first-order valence-corrected chi connectivity index (χ1v) is 11.7. The Kier molecular flexibility index (Phi) is 9.87. The van der Waals surface area contributed by atoms with Gasteiger partial charge in [0.05, 0.1) is 6.61 Å². The molecule has 0 spiro atoms. The highest BCUT2D eigenvalue weighted by atomic mass is 32.1. The van der Waals surface area contributed by atoms with E-state index in [0.717, 1.165) is 29.4 Å². The van der Waals surface area contributed by atoms with E-state index < -0.39 is 0 Å². The molecule has 1 aliphatic rings. The van der Waals surface area contributed by atoms with Gasteiger partial charge in [-0.1, -0.05) is 23.5 Å². The minimum absolute atomic E-state index is 0.422. The highest BCUT2D eigenvalue weighted by Crippen LogP contribution is 2.30. The molecule has 0 saturated carbocycles. The van der Waals surface area contributed by atoms with Gasteiger partial charge in [0.2, 0.25) is 5.13 Å². The van der Waals surface area contributed by atoms with Crippen LogP contribution in [-0.4, -0.2) is 56.8 Å². The van der Waals surface area contributed by atoms with Crippen molar-refractivity contribution in [3.8, 4) is 22.3 Å². The first-order chi connectivity index (χ1) is 15.3. The molecule has 31 heavy (non-hydrogen) atoms. The Balaban J connectivity index is 0.000000391. The van der Waals surface area contributed by atoms with Crippen molar-refractivity contribution in [1.82, 2.24) is 20.6 Å². The molecule has 10 heteroatoms. The van der Waals surface area contributed by atoms with Crippen molar-refractivity contribution in [3.05, 3.63) is 40.6 Å². The van der Waals surface area contributed by atoms with Gasteiger partial charge in [0.1, 0.15) is 30.4 Å². The predicted molar refractivity (Wildman–Crippen MR) is 126 cm³/mol. The smallest absolute Gasteiger partial charge is 0.274 e. The maximum atomic E-state index is 5.77. The number of methoxy groups -OCH3 is 1. The molecule has 0 atom stereocenters. The molecule has 2 N–H and O–H groups in total. The number of aromatic nitrogens is 2. The SMILES string of the molecule is C1CNCNC1.C=Nc1nc(-c2csc(OCc3cccc(OCCOC)c3)n2)cs1. The zero-order chi connectivity index (χ0) is 21.7. The lowest BCUT2D eigenvalue weighted by Gasteiger charge is -2.11. The van der Waals surface area contributed by atoms with Crippen molar-refractivity contribution in [2.24, 2.45) is 4.99 Å². The molecule has 0 unspecified atom stereocenters. The monoisotopic (exact) mass is 461 g/mol. The fourth-order valence-corrected chi connectivity index (χ4v) is 3.89. The van der Waals surface area contributed by atoms with Crippen molar-refractivity contribution in [3.63, 3.8) is 0 Å².